The third kappa shape index (κ3) is 5.39. The summed E-state index contributed by atoms with van der Waals surface area (Å²) in [4.78, 5) is 0. The number of rotatable bonds is 4. The maximum Gasteiger partial charge on any atom is 0.191 e. The number of nitrogens with zero attached hydrogens (tertiary/aromatic N) is 1. The van der Waals surface area contributed by atoms with Gasteiger partial charge >= 0.3 is 0 Å². The zero-order valence-electron chi connectivity index (χ0n) is 12.3. The van der Waals surface area contributed by atoms with Gasteiger partial charge in [0.2, 0.25) is 0 Å². The van der Waals surface area contributed by atoms with Crippen LogP contribution in [0.4, 0.5) is 5.69 Å². The highest BCUT2D eigenvalue weighted by atomic mass is 32.1. The summed E-state index contributed by atoms with van der Waals surface area (Å²) in [6.07, 6.45) is 1.83. The first-order chi connectivity index (χ1) is 8.90. The van der Waals surface area contributed by atoms with Crippen molar-refractivity contribution in [2.75, 3.05) is 5.32 Å². The quantitative estimate of drug-likeness (QED) is 0.495. The summed E-state index contributed by atoms with van der Waals surface area (Å²) in [6, 6.07) is 6.37. The van der Waals surface area contributed by atoms with Crippen LogP contribution in [-0.2, 0) is 0 Å². The van der Waals surface area contributed by atoms with Crippen LogP contribution in [0.5, 0.6) is 0 Å². The summed E-state index contributed by atoms with van der Waals surface area (Å²) >= 11 is 5.24. The minimum absolute atomic E-state index is 0.403. The molecule has 0 aliphatic rings. The van der Waals surface area contributed by atoms with Gasteiger partial charge in [-0.1, -0.05) is 39.8 Å². The number of nitrogens with one attached hydrogen (secondary N) is 2. The van der Waals surface area contributed by atoms with Crippen molar-refractivity contribution in [1.29, 1.82) is 0 Å². The average Bonchev–Trinajstić information content (AvgIpc) is 2.27. The van der Waals surface area contributed by atoms with Gasteiger partial charge in [-0.05, 0) is 48.2 Å². The van der Waals surface area contributed by atoms with E-state index in [9.17, 15) is 0 Å². The van der Waals surface area contributed by atoms with E-state index in [0.717, 1.165) is 5.69 Å². The fourth-order valence-corrected chi connectivity index (χ4v) is 1.84. The lowest BCUT2D eigenvalue weighted by molar-refractivity contribution is 0.867. The van der Waals surface area contributed by atoms with E-state index >= 15 is 0 Å². The molecule has 0 atom stereocenters. The molecule has 0 bridgehead atoms. The van der Waals surface area contributed by atoms with Crippen molar-refractivity contribution in [3.05, 3.63) is 29.3 Å². The Morgan fingerprint density at radius 3 is 2.53 bits per heavy atom. The third-order valence-electron chi connectivity index (χ3n) is 2.62. The molecule has 0 saturated heterocycles. The molecule has 2 N–H and O–H groups in total. The van der Waals surface area contributed by atoms with Gasteiger partial charge in [0, 0.05) is 11.9 Å². The highest BCUT2D eigenvalue weighted by Gasteiger charge is 2.07. The zero-order valence-corrected chi connectivity index (χ0v) is 13.1. The van der Waals surface area contributed by atoms with Gasteiger partial charge in [0.05, 0.1) is 0 Å². The molecule has 1 rings (SSSR count). The Balaban J connectivity index is 2.75. The molecular weight excluding hydrogens is 254 g/mol. The van der Waals surface area contributed by atoms with E-state index in [0.29, 0.717) is 16.9 Å². The predicted molar refractivity (Wildman–Crippen MR) is 88.0 cm³/mol. The molecule has 0 radical (unpaired) electrons. The Labute approximate surface area is 121 Å². The largest absolute Gasteiger partial charge is 0.331 e. The molecule has 1 aromatic rings. The predicted octanol–water partition coefficient (Wildman–Crippen LogP) is 4.05. The van der Waals surface area contributed by atoms with E-state index in [2.05, 4.69) is 68.7 Å². The van der Waals surface area contributed by atoms with Crippen LogP contribution in [0.3, 0.4) is 0 Å². The van der Waals surface area contributed by atoms with Crippen molar-refractivity contribution in [2.24, 2.45) is 11.0 Å². The number of thiocarbonyl (C=S) groups is 1. The molecule has 0 heterocycles. The van der Waals surface area contributed by atoms with Crippen molar-refractivity contribution < 1.29 is 0 Å². The van der Waals surface area contributed by atoms with Gasteiger partial charge < -0.3 is 5.32 Å². The average molecular weight is 277 g/mol. The van der Waals surface area contributed by atoms with Gasteiger partial charge in [-0.25, -0.2) is 0 Å². The van der Waals surface area contributed by atoms with Crippen LogP contribution in [0.25, 0.3) is 0 Å². The zero-order chi connectivity index (χ0) is 14.4. The van der Waals surface area contributed by atoms with Crippen LogP contribution >= 0.6 is 12.2 Å². The van der Waals surface area contributed by atoms with E-state index in [4.69, 9.17) is 12.2 Å². The van der Waals surface area contributed by atoms with Crippen molar-refractivity contribution in [2.45, 2.75) is 40.5 Å². The summed E-state index contributed by atoms with van der Waals surface area (Å²) in [5, 5.41) is 7.82. The molecule has 0 aliphatic heterocycles. The minimum Gasteiger partial charge on any atom is -0.331 e. The highest BCUT2D eigenvalue weighted by Crippen LogP contribution is 2.25. The first kappa shape index (κ1) is 15.6. The van der Waals surface area contributed by atoms with E-state index in [1.165, 1.54) is 11.1 Å². The van der Waals surface area contributed by atoms with Gasteiger partial charge in [-0.3, -0.25) is 5.43 Å². The Morgan fingerprint density at radius 1 is 1.26 bits per heavy atom. The number of anilines is 1. The molecule has 4 heteroatoms. The molecular formula is C15H23N3S. The first-order valence-electron chi connectivity index (χ1n) is 6.61. The van der Waals surface area contributed by atoms with Crippen molar-refractivity contribution in [1.82, 2.24) is 5.43 Å². The SMILES string of the molecule is Cc1ccc(C(C)C)c(NC(=S)N/N=C/C(C)C)c1. The van der Waals surface area contributed by atoms with Crippen LogP contribution in [-0.4, -0.2) is 11.3 Å². The number of aryl methyl sites for hydroxylation is 1. The molecule has 0 fully saturated rings. The second-order valence-corrected chi connectivity index (χ2v) is 5.74. The van der Waals surface area contributed by atoms with Crippen LogP contribution in [0.1, 0.15) is 44.7 Å². The summed E-state index contributed by atoms with van der Waals surface area (Å²) in [6.45, 7) is 10.5. The molecule has 0 spiro atoms. The van der Waals surface area contributed by atoms with Crippen molar-refractivity contribution in [3.63, 3.8) is 0 Å². The maximum absolute atomic E-state index is 5.24. The first-order valence-corrected chi connectivity index (χ1v) is 7.01. The molecule has 0 aliphatic carbocycles. The fraction of sp³-hybridized carbons (Fsp3) is 0.467. The summed E-state index contributed by atoms with van der Waals surface area (Å²) < 4.78 is 0. The lowest BCUT2D eigenvalue weighted by Gasteiger charge is -2.15. The maximum atomic E-state index is 5.24. The van der Waals surface area contributed by atoms with E-state index in [1.54, 1.807) is 0 Å². The van der Waals surface area contributed by atoms with Crippen molar-refractivity contribution in [3.8, 4) is 0 Å². The van der Waals surface area contributed by atoms with Crippen LogP contribution < -0.4 is 10.7 Å². The topological polar surface area (TPSA) is 36.4 Å². The van der Waals surface area contributed by atoms with Crippen LogP contribution in [0.15, 0.2) is 23.3 Å². The summed E-state index contributed by atoms with van der Waals surface area (Å²) in [7, 11) is 0. The Morgan fingerprint density at radius 2 is 1.95 bits per heavy atom. The second kappa shape index (κ2) is 7.24. The molecule has 0 saturated carbocycles. The summed E-state index contributed by atoms with van der Waals surface area (Å²) in [5.74, 6) is 0.852. The van der Waals surface area contributed by atoms with Crippen molar-refractivity contribution >= 4 is 29.2 Å². The number of hydrogen-bond acceptors (Lipinski definition) is 2. The van der Waals surface area contributed by atoms with Gasteiger partial charge in [0.25, 0.3) is 0 Å². The Bertz CT molecular complexity index is 464. The minimum atomic E-state index is 0.403. The van der Waals surface area contributed by atoms with Crippen LogP contribution in [0.2, 0.25) is 0 Å². The monoisotopic (exact) mass is 277 g/mol. The molecule has 3 nitrogen and oxygen atoms in total. The molecule has 104 valence electrons. The van der Waals surface area contributed by atoms with Crippen LogP contribution in [0, 0.1) is 12.8 Å². The van der Waals surface area contributed by atoms with Gasteiger partial charge in [-0.15, -0.1) is 0 Å². The number of benzene rings is 1. The molecule has 0 unspecified atom stereocenters. The highest BCUT2D eigenvalue weighted by molar-refractivity contribution is 7.80. The van der Waals surface area contributed by atoms with E-state index in [1.807, 2.05) is 6.21 Å². The van der Waals surface area contributed by atoms with Gasteiger partial charge in [0.15, 0.2) is 5.11 Å². The van der Waals surface area contributed by atoms with E-state index in [-0.39, 0.29) is 0 Å². The molecule has 0 aromatic heterocycles. The number of hydrogen-bond donors (Lipinski definition) is 2. The lowest BCUT2D eigenvalue weighted by Crippen LogP contribution is -2.24. The van der Waals surface area contributed by atoms with E-state index < -0.39 is 0 Å². The van der Waals surface area contributed by atoms with Gasteiger partial charge in [-0.2, -0.15) is 5.10 Å². The third-order valence-corrected chi connectivity index (χ3v) is 2.81. The molecule has 1 aromatic carbocycles. The smallest absolute Gasteiger partial charge is 0.191 e. The normalized spacial score (nSPS) is 11.3. The fourth-order valence-electron chi connectivity index (χ4n) is 1.68. The Hall–Kier alpha value is -1.42. The summed E-state index contributed by atoms with van der Waals surface area (Å²) in [5.41, 5.74) is 6.35. The molecule has 0 amide bonds. The standard InChI is InChI=1S/C15H23N3S/c1-10(2)9-16-18-15(19)17-14-8-12(5)6-7-13(14)11(3)4/h6-11H,1-5H3,(H2,17,18,19)/b16-9+. The Kier molecular flexibility index (Phi) is 5.96. The van der Waals surface area contributed by atoms with Gasteiger partial charge in [0.1, 0.15) is 0 Å². The second-order valence-electron chi connectivity index (χ2n) is 5.33. The lowest BCUT2D eigenvalue weighted by atomic mass is 9.99. The molecule has 19 heavy (non-hydrogen) atoms. The number of hydrazone groups is 1.